The first-order valence-corrected chi connectivity index (χ1v) is 5.87. The molecule has 1 heterocycles. The van der Waals surface area contributed by atoms with E-state index in [1.54, 1.807) is 19.0 Å². The van der Waals surface area contributed by atoms with Crippen LogP contribution >= 0.6 is 12.6 Å². The van der Waals surface area contributed by atoms with E-state index in [0.29, 0.717) is 11.9 Å². The molecule has 88 valence electrons. The molecule has 1 aliphatic heterocycles. The molecule has 0 aliphatic carbocycles. The van der Waals surface area contributed by atoms with Crippen molar-refractivity contribution in [2.45, 2.75) is 12.3 Å². The Kier molecular flexibility index (Phi) is 4.89. The van der Waals surface area contributed by atoms with Gasteiger partial charge in [0.1, 0.15) is 0 Å². The molecule has 1 saturated heterocycles. The highest BCUT2D eigenvalue weighted by molar-refractivity contribution is 7.80. The van der Waals surface area contributed by atoms with Crippen LogP contribution in [0.2, 0.25) is 0 Å². The van der Waals surface area contributed by atoms with E-state index in [9.17, 15) is 4.79 Å². The van der Waals surface area contributed by atoms with E-state index in [1.807, 2.05) is 0 Å². The molecule has 0 N–H and O–H groups in total. The zero-order valence-electron chi connectivity index (χ0n) is 9.81. The van der Waals surface area contributed by atoms with Crippen molar-refractivity contribution in [2.24, 2.45) is 0 Å². The van der Waals surface area contributed by atoms with E-state index in [2.05, 4.69) is 29.4 Å². The van der Waals surface area contributed by atoms with Gasteiger partial charge in [-0.25, -0.2) is 0 Å². The number of likely N-dealkylation sites (N-methyl/N-ethyl adjacent to an activating group) is 1. The molecule has 5 heteroatoms. The van der Waals surface area contributed by atoms with Crippen LogP contribution in [-0.4, -0.2) is 72.8 Å². The highest BCUT2D eigenvalue weighted by Gasteiger charge is 2.20. The van der Waals surface area contributed by atoms with Gasteiger partial charge in [-0.2, -0.15) is 12.6 Å². The second kappa shape index (κ2) is 5.72. The Balaban J connectivity index is 2.29. The summed E-state index contributed by atoms with van der Waals surface area (Å²) < 4.78 is 0. The fraction of sp³-hybridized carbons (Fsp3) is 0.900. The second-order valence-corrected chi connectivity index (χ2v) is 4.98. The van der Waals surface area contributed by atoms with Gasteiger partial charge in [0.15, 0.2) is 0 Å². The first kappa shape index (κ1) is 12.8. The van der Waals surface area contributed by atoms with Crippen LogP contribution in [0.25, 0.3) is 0 Å². The number of rotatable bonds is 3. The molecule has 0 saturated carbocycles. The van der Waals surface area contributed by atoms with Gasteiger partial charge in [-0.3, -0.25) is 14.6 Å². The van der Waals surface area contributed by atoms with E-state index < -0.39 is 0 Å². The quantitative estimate of drug-likeness (QED) is 0.691. The predicted molar refractivity (Wildman–Crippen MR) is 65.2 cm³/mol. The lowest BCUT2D eigenvalue weighted by Gasteiger charge is -2.36. The molecule has 1 rings (SSSR count). The summed E-state index contributed by atoms with van der Waals surface area (Å²) in [6.45, 7) is 6.57. The topological polar surface area (TPSA) is 26.8 Å². The van der Waals surface area contributed by atoms with Crippen LogP contribution in [0.3, 0.4) is 0 Å². The lowest BCUT2D eigenvalue weighted by atomic mass is 10.3. The van der Waals surface area contributed by atoms with Crippen LogP contribution in [0.5, 0.6) is 0 Å². The molecule has 4 nitrogen and oxygen atoms in total. The maximum atomic E-state index is 11.5. The number of piperazine rings is 1. The summed E-state index contributed by atoms with van der Waals surface area (Å²) in [5, 5.41) is 0.316. The number of hydrogen-bond donors (Lipinski definition) is 1. The normalized spacial score (nSPS) is 21.3. The first-order valence-electron chi connectivity index (χ1n) is 5.35. The Hall–Kier alpha value is -0.260. The molecule has 0 aromatic heterocycles. The molecule has 1 unspecified atom stereocenters. The van der Waals surface area contributed by atoms with Gasteiger partial charge < -0.3 is 4.90 Å². The van der Waals surface area contributed by atoms with Crippen molar-refractivity contribution in [1.82, 2.24) is 14.7 Å². The largest absolute Gasteiger partial charge is 0.348 e. The molecule has 0 radical (unpaired) electrons. The molecule has 1 atom stereocenters. The number of hydrogen-bond acceptors (Lipinski definition) is 4. The molecule has 1 aliphatic rings. The molecule has 0 bridgehead atoms. The van der Waals surface area contributed by atoms with E-state index in [0.717, 1.165) is 26.2 Å². The Morgan fingerprint density at radius 2 is 1.87 bits per heavy atom. The lowest BCUT2D eigenvalue weighted by Crippen LogP contribution is -2.50. The van der Waals surface area contributed by atoms with E-state index in [4.69, 9.17) is 0 Å². The number of carbonyl (C=O) groups excluding carboxylic acids is 1. The van der Waals surface area contributed by atoms with Gasteiger partial charge in [0.25, 0.3) is 0 Å². The molecular formula is C10H21N3OS. The van der Waals surface area contributed by atoms with Gasteiger partial charge in [-0.05, 0) is 6.92 Å². The molecule has 0 aromatic carbocycles. The van der Waals surface area contributed by atoms with Gasteiger partial charge in [-0.1, -0.05) is 0 Å². The maximum Gasteiger partial charge on any atom is 0.236 e. The summed E-state index contributed by atoms with van der Waals surface area (Å²) in [5.74, 6) is 0.183. The van der Waals surface area contributed by atoms with Crippen molar-refractivity contribution in [3.8, 4) is 0 Å². The van der Waals surface area contributed by atoms with Gasteiger partial charge in [0, 0.05) is 45.6 Å². The summed E-state index contributed by atoms with van der Waals surface area (Å²) in [7, 11) is 3.60. The van der Waals surface area contributed by atoms with Crippen LogP contribution in [0.1, 0.15) is 6.92 Å². The highest BCUT2D eigenvalue weighted by atomic mass is 32.1. The zero-order valence-corrected chi connectivity index (χ0v) is 10.7. The second-order valence-electron chi connectivity index (χ2n) is 4.23. The van der Waals surface area contributed by atoms with Gasteiger partial charge >= 0.3 is 0 Å². The monoisotopic (exact) mass is 231 g/mol. The van der Waals surface area contributed by atoms with Crippen molar-refractivity contribution >= 4 is 18.5 Å². The standard InChI is InChI=1S/C10H21N3OS/c1-9(15)13-6-4-12(5-7-13)8-10(14)11(2)3/h9,15H,4-8H2,1-3H3. The lowest BCUT2D eigenvalue weighted by molar-refractivity contribution is -0.130. The number of nitrogens with zero attached hydrogens (tertiary/aromatic N) is 3. The summed E-state index contributed by atoms with van der Waals surface area (Å²) in [5.41, 5.74) is 0. The average Bonchev–Trinajstić information content (AvgIpc) is 2.18. The van der Waals surface area contributed by atoms with E-state index in [-0.39, 0.29) is 5.91 Å². The maximum absolute atomic E-state index is 11.5. The zero-order chi connectivity index (χ0) is 11.4. The van der Waals surface area contributed by atoms with E-state index >= 15 is 0 Å². The first-order chi connectivity index (χ1) is 7.00. The Morgan fingerprint density at radius 1 is 1.33 bits per heavy atom. The molecule has 1 amide bonds. The number of carbonyl (C=O) groups is 1. The van der Waals surface area contributed by atoms with Gasteiger partial charge in [0.05, 0.1) is 6.54 Å². The van der Waals surface area contributed by atoms with Crippen LogP contribution in [0.15, 0.2) is 0 Å². The minimum absolute atomic E-state index is 0.183. The van der Waals surface area contributed by atoms with Crippen LogP contribution in [0.4, 0.5) is 0 Å². The van der Waals surface area contributed by atoms with Crippen molar-refractivity contribution in [3.63, 3.8) is 0 Å². The van der Waals surface area contributed by atoms with Crippen LogP contribution in [0, 0.1) is 0 Å². The molecular weight excluding hydrogens is 210 g/mol. The molecule has 1 fully saturated rings. The number of amides is 1. The SMILES string of the molecule is CC(S)N1CCN(CC(=O)N(C)C)CC1. The smallest absolute Gasteiger partial charge is 0.236 e. The summed E-state index contributed by atoms with van der Waals surface area (Å²) in [6.07, 6.45) is 0. The third-order valence-electron chi connectivity index (χ3n) is 2.79. The van der Waals surface area contributed by atoms with Crippen LogP contribution in [-0.2, 0) is 4.79 Å². The van der Waals surface area contributed by atoms with Crippen molar-refractivity contribution in [3.05, 3.63) is 0 Å². The minimum atomic E-state index is 0.183. The summed E-state index contributed by atoms with van der Waals surface area (Å²) >= 11 is 4.41. The highest BCUT2D eigenvalue weighted by Crippen LogP contribution is 2.08. The van der Waals surface area contributed by atoms with Crippen LogP contribution < -0.4 is 0 Å². The van der Waals surface area contributed by atoms with Crippen molar-refractivity contribution in [2.75, 3.05) is 46.8 Å². The Bertz CT molecular complexity index is 213. The summed E-state index contributed by atoms with van der Waals surface area (Å²) in [6, 6.07) is 0. The fourth-order valence-corrected chi connectivity index (χ4v) is 1.86. The number of thiol groups is 1. The minimum Gasteiger partial charge on any atom is -0.348 e. The van der Waals surface area contributed by atoms with Gasteiger partial charge in [-0.15, -0.1) is 0 Å². The van der Waals surface area contributed by atoms with Gasteiger partial charge in [0.2, 0.25) is 5.91 Å². The van der Waals surface area contributed by atoms with Crippen molar-refractivity contribution < 1.29 is 4.79 Å². The fourth-order valence-electron chi connectivity index (χ4n) is 1.63. The Morgan fingerprint density at radius 3 is 2.27 bits per heavy atom. The Labute approximate surface area is 97.6 Å². The van der Waals surface area contributed by atoms with E-state index in [1.165, 1.54) is 0 Å². The summed E-state index contributed by atoms with van der Waals surface area (Å²) in [4.78, 5) is 17.7. The average molecular weight is 231 g/mol. The third kappa shape index (κ3) is 4.01. The molecule has 0 aromatic rings. The predicted octanol–water partition coefficient (Wildman–Crippen LogP) is -0.0320. The molecule has 0 spiro atoms. The van der Waals surface area contributed by atoms with Crippen molar-refractivity contribution in [1.29, 1.82) is 0 Å². The third-order valence-corrected chi connectivity index (χ3v) is 3.12. The molecule has 15 heavy (non-hydrogen) atoms.